The van der Waals surface area contributed by atoms with Crippen LogP contribution in [0.3, 0.4) is 0 Å². The lowest BCUT2D eigenvalue weighted by Crippen LogP contribution is -2.09. The summed E-state index contributed by atoms with van der Waals surface area (Å²) in [5, 5.41) is 2.51. The molecule has 1 aromatic rings. The van der Waals surface area contributed by atoms with Crippen LogP contribution in [0.2, 0.25) is 0 Å². The predicted octanol–water partition coefficient (Wildman–Crippen LogP) is 1.57. The van der Waals surface area contributed by atoms with Gasteiger partial charge in [0.15, 0.2) is 0 Å². The van der Waals surface area contributed by atoms with Gasteiger partial charge in [0.05, 0.1) is 0 Å². The molecule has 1 aromatic heterocycles. The van der Waals surface area contributed by atoms with Crippen LogP contribution in [-0.4, -0.2) is 10.9 Å². The monoisotopic (exact) mass is 168 g/mol. The number of nitrogens with one attached hydrogen (secondary N) is 1. The Kier molecular flexibility index (Phi) is 2.74. The van der Waals surface area contributed by atoms with E-state index in [-0.39, 0.29) is 5.91 Å². The average Bonchev–Trinajstić information content (AvgIpc) is 2.04. The molecule has 0 saturated carbocycles. The molecule has 0 aromatic carbocycles. The standard InChI is InChI=1S/C8H9FN2O/c1-2-8(12)11-6-3-4-10-7(9)5-6/h3-5H,2H2,1H3,(H,10,11,12). The highest BCUT2D eigenvalue weighted by Gasteiger charge is 1.99. The van der Waals surface area contributed by atoms with Crippen LogP contribution >= 0.6 is 0 Å². The van der Waals surface area contributed by atoms with Crippen LogP contribution in [0.5, 0.6) is 0 Å². The zero-order valence-electron chi connectivity index (χ0n) is 6.67. The van der Waals surface area contributed by atoms with Gasteiger partial charge >= 0.3 is 0 Å². The van der Waals surface area contributed by atoms with E-state index in [4.69, 9.17) is 0 Å². The van der Waals surface area contributed by atoms with Crippen molar-refractivity contribution in [3.8, 4) is 0 Å². The van der Waals surface area contributed by atoms with E-state index in [9.17, 15) is 9.18 Å². The second-order valence-electron chi connectivity index (χ2n) is 2.27. The molecular formula is C8H9FN2O. The van der Waals surface area contributed by atoms with E-state index >= 15 is 0 Å². The first-order valence-corrected chi connectivity index (χ1v) is 3.63. The van der Waals surface area contributed by atoms with Gasteiger partial charge in [0.1, 0.15) is 0 Å². The number of hydrogen-bond donors (Lipinski definition) is 1. The lowest BCUT2D eigenvalue weighted by Gasteiger charge is -2.01. The van der Waals surface area contributed by atoms with E-state index in [0.717, 1.165) is 0 Å². The highest BCUT2D eigenvalue weighted by molar-refractivity contribution is 5.90. The van der Waals surface area contributed by atoms with Crippen molar-refractivity contribution in [2.45, 2.75) is 13.3 Å². The molecule has 0 aliphatic rings. The molecule has 12 heavy (non-hydrogen) atoms. The number of hydrogen-bond acceptors (Lipinski definition) is 2. The zero-order chi connectivity index (χ0) is 8.97. The Morgan fingerprint density at radius 2 is 2.50 bits per heavy atom. The van der Waals surface area contributed by atoms with Gasteiger partial charge in [-0.15, -0.1) is 0 Å². The molecule has 1 rings (SSSR count). The smallest absolute Gasteiger partial charge is 0.224 e. The van der Waals surface area contributed by atoms with Crippen LogP contribution in [0.4, 0.5) is 10.1 Å². The summed E-state index contributed by atoms with van der Waals surface area (Å²) in [6.45, 7) is 1.73. The molecule has 0 aliphatic heterocycles. The fourth-order valence-electron chi connectivity index (χ4n) is 0.730. The molecule has 0 radical (unpaired) electrons. The summed E-state index contributed by atoms with van der Waals surface area (Å²) in [5.41, 5.74) is 0.439. The number of rotatable bonds is 2. The molecule has 1 N–H and O–H groups in total. The number of amides is 1. The Balaban J connectivity index is 2.69. The van der Waals surface area contributed by atoms with Crippen molar-refractivity contribution in [2.24, 2.45) is 0 Å². The molecule has 1 amide bonds. The molecule has 0 unspecified atom stereocenters. The van der Waals surface area contributed by atoms with Crippen LogP contribution in [-0.2, 0) is 4.79 Å². The molecule has 3 nitrogen and oxygen atoms in total. The van der Waals surface area contributed by atoms with E-state index in [0.29, 0.717) is 12.1 Å². The first-order chi connectivity index (χ1) is 5.72. The van der Waals surface area contributed by atoms with Crippen LogP contribution in [0.15, 0.2) is 18.3 Å². The predicted molar refractivity (Wildman–Crippen MR) is 43.1 cm³/mol. The third kappa shape index (κ3) is 2.30. The summed E-state index contributed by atoms with van der Waals surface area (Å²) in [5.74, 6) is -0.732. The largest absolute Gasteiger partial charge is 0.326 e. The molecular weight excluding hydrogens is 159 g/mol. The minimum Gasteiger partial charge on any atom is -0.326 e. The Hall–Kier alpha value is -1.45. The third-order valence-electron chi connectivity index (χ3n) is 1.33. The number of pyridine rings is 1. The summed E-state index contributed by atoms with van der Waals surface area (Å²) in [6.07, 6.45) is 1.69. The molecule has 1 heterocycles. The lowest BCUT2D eigenvalue weighted by atomic mass is 10.3. The van der Waals surface area contributed by atoms with Crippen LogP contribution in [0.1, 0.15) is 13.3 Å². The van der Waals surface area contributed by atoms with Crippen molar-refractivity contribution < 1.29 is 9.18 Å². The Bertz CT molecular complexity index is 288. The summed E-state index contributed by atoms with van der Waals surface area (Å²) < 4.78 is 12.5. The van der Waals surface area contributed by atoms with Gasteiger partial charge in [0.2, 0.25) is 11.9 Å². The van der Waals surface area contributed by atoms with Gasteiger partial charge in [-0.05, 0) is 6.07 Å². The second kappa shape index (κ2) is 3.80. The molecule has 0 spiro atoms. The quantitative estimate of drug-likeness (QED) is 0.681. The normalized spacial score (nSPS) is 9.50. The fourth-order valence-corrected chi connectivity index (χ4v) is 0.730. The summed E-state index contributed by atoms with van der Waals surface area (Å²) in [6, 6.07) is 2.71. The SMILES string of the molecule is CCC(=O)Nc1ccnc(F)c1. The number of nitrogens with zero attached hydrogens (tertiary/aromatic N) is 1. The Labute approximate surface area is 69.6 Å². The molecule has 0 saturated heterocycles. The molecule has 0 atom stereocenters. The minimum atomic E-state index is -0.594. The van der Waals surface area contributed by atoms with Crippen LogP contribution < -0.4 is 5.32 Å². The first kappa shape index (κ1) is 8.64. The van der Waals surface area contributed by atoms with Gasteiger partial charge in [-0.2, -0.15) is 4.39 Å². The van der Waals surface area contributed by atoms with Gasteiger partial charge in [-0.25, -0.2) is 4.98 Å². The summed E-state index contributed by atoms with van der Waals surface area (Å²) in [4.78, 5) is 14.2. The van der Waals surface area contributed by atoms with Crippen molar-refractivity contribution in [2.75, 3.05) is 5.32 Å². The molecule has 0 bridgehead atoms. The van der Waals surface area contributed by atoms with E-state index in [2.05, 4.69) is 10.3 Å². The van der Waals surface area contributed by atoms with Crippen LogP contribution in [0, 0.1) is 5.95 Å². The topological polar surface area (TPSA) is 42.0 Å². The minimum absolute atomic E-state index is 0.138. The first-order valence-electron chi connectivity index (χ1n) is 3.63. The molecule has 0 aliphatic carbocycles. The molecule has 0 fully saturated rings. The number of aromatic nitrogens is 1. The maximum atomic E-state index is 12.5. The number of carbonyl (C=O) groups excluding carboxylic acids is 1. The van der Waals surface area contributed by atoms with Crippen molar-refractivity contribution in [1.29, 1.82) is 0 Å². The van der Waals surface area contributed by atoms with E-state index in [1.54, 1.807) is 6.92 Å². The van der Waals surface area contributed by atoms with Crippen molar-refractivity contribution in [1.82, 2.24) is 4.98 Å². The zero-order valence-corrected chi connectivity index (χ0v) is 6.67. The van der Waals surface area contributed by atoms with E-state index in [1.807, 2.05) is 0 Å². The fraction of sp³-hybridized carbons (Fsp3) is 0.250. The maximum Gasteiger partial charge on any atom is 0.224 e. The van der Waals surface area contributed by atoms with E-state index < -0.39 is 5.95 Å². The summed E-state index contributed by atoms with van der Waals surface area (Å²) in [7, 11) is 0. The summed E-state index contributed by atoms with van der Waals surface area (Å²) >= 11 is 0. The Morgan fingerprint density at radius 3 is 3.08 bits per heavy atom. The number of halogens is 1. The Morgan fingerprint density at radius 1 is 1.75 bits per heavy atom. The number of anilines is 1. The highest BCUT2D eigenvalue weighted by atomic mass is 19.1. The van der Waals surface area contributed by atoms with Gasteiger partial charge in [-0.1, -0.05) is 6.92 Å². The highest BCUT2D eigenvalue weighted by Crippen LogP contribution is 2.06. The number of carbonyl (C=O) groups is 1. The molecule has 4 heteroatoms. The van der Waals surface area contributed by atoms with Crippen molar-refractivity contribution >= 4 is 11.6 Å². The van der Waals surface area contributed by atoms with Crippen LogP contribution in [0.25, 0.3) is 0 Å². The van der Waals surface area contributed by atoms with Gasteiger partial charge in [-0.3, -0.25) is 4.79 Å². The van der Waals surface area contributed by atoms with Crippen molar-refractivity contribution in [3.63, 3.8) is 0 Å². The average molecular weight is 168 g/mol. The third-order valence-corrected chi connectivity index (χ3v) is 1.33. The second-order valence-corrected chi connectivity index (χ2v) is 2.27. The van der Waals surface area contributed by atoms with Crippen molar-refractivity contribution in [3.05, 3.63) is 24.3 Å². The lowest BCUT2D eigenvalue weighted by molar-refractivity contribution is -0.115. The van der Waals surface area contributed by atoms with Gasteiger partial charge in [0.25, 0.3) is 0 Å². The van der Waals surface area contributed by atoms with Gasteiger partial charge in [0, 0.05) is 24.4 Å². The van der Waals surface area contributed by atoms with E-state index in [1.165, 1.54) is 18.3 Å². The maximum absolute atomic E-state index is 12.5. The molecule has 64 valence electrons. The van der Waals surface area contributed by atoms with Gasteiger partial charge < -0.3 is 5.32 Å².